The van der Waals surface area contributed by atoms with Crippen molar-refractivity contribution in [1.82, 2.24) is 15.1 Å². The molecular weight excluding hydrogens is 340 g/mol. The molecule has 0 aliphatic rings. The Morgan fingerprint density at radius 2 is 1.96 bits per heavy atom. The lowest BCUT2D eigenvalue weighted by molar-refractivity contribution is -0.130. The maximum absolute atomic E-state index is 12.3. The SMILES string of the molecule is CN(Cc1cccc(C#N)c1)C(=O)CCCc1nnc(-c2ccccc2)o1. The van der Waals surface area contributed by atoms with Crippen LogP contribution in [0.4, 0.5) is 0 Å². The Morgan fingerprint density at radius 1 is 1.15 bits per heavy atom. The fraction of sp³-hybridized carbons (Fsp3) is 0.238. The summed E-state index contributed by atoms with van der Waals surface area (Å²) in [6.07, 6.45) is 1.60. The van der Waals surface area contributed by atoms with Gasteiger partial charge < -0.3 is 9.32 Å². The number of benzene rings is 2. The van der Waals surface area contributed by atoms with Gasteiger partial charge in [0.15, 0.2) is 0 Å². The third kappa shape index (κ3) is 5.02. The molecule has 1 amide bonds. The molecule has 27 heavy (non-hydrogen) atoms. The third-order valence-electron chi connectivity index (χ3n) is 4.17. The highest BCUT2D eigenvalue weighted by Gasteiger charge is 2.12. The van der Waals surface area contributed by atoms with Crippen molar-refractivity contribution in [2.75, 3.05) is 7.05 Å². The first kappa shape index (κ1) is 18.3. The monoisotopic (exact) mass is 360 g/mol. The van der Waals surface area contributed by atoms with Gasteiger partial charge in [0.05, 0.1) is 11.6 Å². The topological polar surface area (TPSA) is 83.0 Å². The molecule has 0 spiro atoms. The Bertz CT molecular complexity index is 944. The second-order valence-electron chi connectivity index (χ2n) is 6.28. The number of nitriles is 1. The molecule has 0 saturated carbocycles. The van der Waals surface area contributed by atoms with E-state index < -0.39 is 0 Å². The molecule has 0 bridgehead atoms. The van der Waals surface area contributed by atoms with Crippen LogP contribution in [0.25, 0.3) is 11.5 Å². The molecule has 3 rings (SSSR count). The summed E-state index contributed by atoms with van der Waals surface area (Å²) in [5.41, 5.74) is 2.42. The van der Waals surface area contributed by atoms with Gasteiger partial charge in [-0.3, -0.25) is 4.79 Å². The van der Waals surface area contributed by atoms with E-state index in [1.54, 1.807) is 24.1 Å². The molecular formula is C21H20N4O2. The molecule has 0 unspecified atom stereocenters. The lowest BCUT2D eigenvalue weighted by Crippen LogP contribution is -2.26. The molecule has 0 aliphatic heterocycles. The Morgan fingerprint density at radius 3 is 2.74 bits per heavy atom. The van der Waals surface area contributed by atoms with Crippen LogP contribution in [0, 0.1) is 11.3 Å². The Kier molecular flexibility index (Phi) is 5.95. The van der Waals surface area contributed by atoms with Crippen LogP contribution in [-0.4, -0.2) is 28.1 Å². The fourth-order valence-electron chi connectivity index (χ4n) is 2.73. The molecule has 136 valence electrons. The summed E-state index contributed by atoms with van der Waals surface area (Å²) in [6, 6.07) is 19.0. The van der Waals surface area contributed by atoms with Crippen molar-refractivity contribution in [2.24, 2.45) is 0 Å². The Labute approximate surface area is 158 Å². The van der Waals surface area contributed by atoms with Crippen LogP contribution in [0.3, 0.4) is 0 Å². The van der Waals surface area contributed by atoms with Gasteiger partial charge in [0.25, 0.3) is 0 Å². The van der Waals surface area contributed by atoms with E-state index >= 15 is 0 Å². The number of rotatable bonds is 7. The quantitative estimate of drug-likeness (QED) is 0.643. The fourth-order valence-corrected chi connectivity index (χ4v) is 2.73. The van der Waals surface area contributed by atoms with Gasteiger partial charge >= 0.3 is 0 Å². The molecule has 1 aromatic heterocycles. The smallest absolute Gasteiger partial charge is 0.247 e. The second kappa shape index (κ2) is 8.77. The standard InChI is InChI=1S/C21H20N4O2/c1-25(15-17-8-5-7-16(13-17)14-22)20(26)12-6-11-19-23-24-21(27-19)18-9-3-2-4-10-18/h2-5,7-10,13H,6,11-12,15H2,1H3. The average Bonchev–Trinajstić information content (AvgIpc) is 3.17. The maximum Gasteiger partial charge on any atom is 0.247 e. The average molecular weight is 360 g/mol. The van der Waals surface area contributed by atoms with Crippen LogP contribution in [0.15, 0.2) is 59.0 Å². The molecule has 6 heteroatoms. The first-order valence-corrected chi connectivity index (χ1v) is 8.76. The van der Waals surface area contributed by atoms with E-state index in [4.69, 9.17) is 9.68 Å². The minimum atomic E-state index is 0.0418. The summed E-state index contributed by atoms with van der Waals surface area (Å²) in [6.45, 7) is 0.479. The number of hydrogen-bond acceptors (Lipinski definition) is 5. The summed E-state index contributed by atoms with van der Waals surface area (Å²) in [4.78, 5) is 14.0. The van der Waals surface area contributed by atoms with Crippen LogP contribution in [0.1, 0.15) is 29.9 Å². The van der Waals surface area contributed by atoms with E-state index in [0.29, 0.717) is 43.2 Å². The van der Waals surface area contributed by atoms with Gasteiger partial charge in [-0.05, 0) is 36.2 Å². The van der Waals surface area contributed by atoms with Gasteiger partial charge in [-0.1, -0.05) is 30.3 Å². The largest absolute Gasteiger partial charge is 0.421 e. The number of carbonyl (C=O) groups is 1. The zero-order chi connectivity index (χ0) is 19.1. The van der Waals surface area contributed by atoms with Crippen molar-refractivity contribution in [3.8, 4) is 17.5 Å². The second-order valence-corrected chi connectivity index (χ2v) is 6.28. The van der Waals surface area contributed by atoms with Crippen LogP contribution >= 0.6 is 0 Å². The van der Waals surface area contributed by atoms with E-state index in [9.17, 15) is 4.79 Å². The van der Waals surface area contributed by atoms with E-state index in [0.717, 1.165) is 11.1 Å². The van der Waals surface area contributed by atoms with E-state index in [2.05, 4.69) is 16.3 Å². The molecule has 6 nitrogen and oxygen atoms in total. The van der Waals surface area contributed by atoms with Crippen molar-refractivity contribution < 1.29 is 9.21 Å². The predicted molar refractivity (Wildman–Crippen MR) is 100 cm³/mol. The number of hydrogen-bond donors (Lipinski definition) is 0. The number of aryl methyl sites for hydroxylation is 1. The summed E-state index contributed by atoms with van der Waals surface area (Å²) in [7, 11) is 1.77. The van der Waals surface area contributed by atoms with E-state index in [1.165, 1.54) is 0 Å². The van der Waals surface area contributed by atoms with Crippen LogP contribution in [0.5, 0.6) is 0 Å². The number of aromatic nitrogens is 2. The minimum absolute atomic E-state index is 0.0418. The molecule has 0 aliphatic carbocycles. The predicted octanol–water partition coefficient (Wildman–Crippen LogP) is 3.59. The lowest BCUT2D eigenvalue weighted by atomic mass is 10.1. The van der Waals surface area contributed by atoms with Gasteiger partial charge in [-0.15, -0.1) is 10.2 Å². The third-order valence-corrected chi connectivity index (χ3v) is 4.17. The molecule has 3 aromatic rings. The Balaban J connectivity index is 1.48. The highest BCUT2D eigenvalue weighted by Crippen LogP contribution is 2.18. The molecule has 0 fully saturated rings. The molecule has 0 N–H and O–H groups in total. The number of carbonyl (C=O) groups excluding carboxylic acids is 1. The van der Waals surface area contributed by atoms with Gasteiger partial charge in [-0.25, -0.2) is 0 Å². The van der Waals surface area contributed by atoms with Crippen molar-refractivity contribution in [2.45, 2.75) is 25.8 Å². The van der Waals surface area contributed by atoms with Gasteiger partial charge in [0.2, 0.25) is 17.7 Å². The number of nitrogens with zero attached hydrogens (tertiary/aromatic N) is 4. The number of amides is 1. The van der Waals surface area contributed by atoms with E-state index in [-0.39, 0.29) is 5.91 Å². The molecule has 0 saturated heterocycles. The van der Waals surface area contributed by atoms with Crippen molar-refractivity contribution >= 4 is 5.91 Å². The highest BCUT2D eigenvalue weighted by atomic mass is 16.4. The maximum atomic E-state index is 12.3. The summed E-state index contributed by atoms with van der Waals surface area (Å²) >= 11 is 0. The van der Waals surface area contributed by atoms with Gasteiger partial charge in [0, 0.05) is 32.0 Å². The molecule has 0 radical (unpaired) electrons. The first-order valence-electron chi connectivity index (χ1n) is 8.76. The Hall–Kier alpha value is -3.46. The van der Waals surface area contributed by atoms with Gasteiger partial charge in [-0.2, -0.15) is 5.26 Å². The normalized spacial score (nSPS) is 10.4. The van der Waals surface area contributed by atoms with E-state index in [1.807, 2.05) is 42.5 Å². The zero-order valence-corrected chi connectivity index (χ0v) is 15.1. The van der Waals surface area contributed by atoms with Crippen molar-refractivity contribution in [3.05, 3.63) is 71.6 Å². The lowest BCUT2D eigenvalue weighted by Gasteiger charge is -2.17. The van der Waals surface area contributed by atoms with Crippen molar-refractivity contribution in [3.63, 3.8) is 0 Å². The molecule has 2 aromatic carbocycles. The van der Waals surface area contributed by atoms with Crippen LogP contribution in [-0.2, 0) is 17.8 Å². The first-order chi connectivity index (χ1) is 13.2. The summed E-state index contributed by atoms with van der Waals surface area (Å²) in [5.74, 6) is 1.07. The molecule has 0 atom stereocenters. The van der Waals surface area contributed by atoms with Crippen molar-refractivity contribution in [1.29, 1.82) is 5.26 Å². The van der Waals surface area contributed by atoms with Crippen LogP contribution in [0.2, 0.25) is 0 Å². The minimum Gasteiger partial charge on any atom is -0.421 e. The highest BCUT2D eigenvalue weighted by molar-refractivity contribution is 5.75. The summed E-state index contributed by atoms with van der Waals surface area (Å²) in [5, 5.41) is 17.1. The molecule has 1 heterocycles. The van der Waals surface area contributed by atoms with Crippen LogP contribution < -0.4 is 0 Å². The summed E-state index contributed by atoms with van der Waals surface area (Å²) < 4.78 is 5.66. The van der Waals surface area contributed by atoms with Gasteiger partial charge in [0.1, 0.15) is 0 Å². The zero-order valence-electron chi connectivity index (χ0n) is 15.1.